The highest BCUT2D eigenvalue weighted by Crippen LogP contribution is 2.53. The topological polar surface area (TPSA) is 94.8 Å². The number of hydrogen-bond acceptors (Lipinski definition) is 4. The monoisotopic (exact) mass is 492 g/mol. The third-order valence-corrected chi connectivity index (χ3v) is 7.13. The Morgan fingerprint density at radius 2 is 1.38 bits per heavy atom. The highest BCUT2D eigenvalue weighted by atomic mass is 35.5. The molecule has 3 aromatic rings. The van der Waals surface area contributed by atoms with Crippen LogP contribution in [0, 0.1) is 0 Å². The smallest absolute Gasteiger partial charge is 0.283 e. The molecule has 0 aliphatic carbocycles. The van der Waals surface area contributed by atoms with Crippen LogP contribution >= 0.6 is 46.4 Å². The fourth-order valence-corrected chi connectivity index (χ4v) is 5.52. The molecule has 0 aliphatic rings. The Kier molecular flexibility index (Phi) is 5.98. The summed E-state index contributed by atoms with van der Waals surface area (Å²) in [7, 11) is -5.13. The van der Waals surface area contributed by atoms with Crippen molar-refractivity contribution in [3.63, 3.8) is 0 Å². The van der Waals surface area contributed by atoms with Crippen molar-refractivity contribution in [2.24, 2.45) is 0 Å². The molecule has 0 saturated carbocycles. The largest absolute Gasteiger partial charge is 0.508 e. The van der Waals surface area contributed by atoms with Gasteiger partial charge < -0.3 is 10.2 Å². The zero-order chi connectivity index (χ0) is 21.6. The number of benzene rings is 3. The van der Waals surface area contributed by atoms with E-state index in [2.05, 4.69) is 0 Å². The molecule has 0 radical (unpaired) electrons. The molecule has 3 rings (SSSR count). The lowest BCUT2D eigenvalue weighted by molar-refractivity contribution is 0.439. The summed E-state index contributed by atoms with van der Waals surface area (Å²) in [6.07, 6.45) is 0. The fraction of sp³-hybridized carbons (Fsp3) is 0.0526. The maximum Gasteiger partial charge on any atom is 0.283 e. The first-order chi connectivity index (χ1) is 13.5. The number of aromatic hydroxyl groups is 2. The summed E-state index contributed by atoms with van der Waals surface area (Å²) in [4.78, 5) is 0. The molecule has 0 fully saturated rings. The highest BCUT2D eigenvalue weighted by molar-refractivity contribution is 7.87. The molecule has 1 atom stereocenters. The molecule has 3 aromatic carbocycles. The van der Waals surface area contributed by atoms with Crippen molar-refractivity contribution < 1.29 is 23.2 Å². The number of rotatable bonds is 4. The van der Waals surface area contributed by atoms with Crippen LogP contribution in [0.15, 0.2) is 54.6 Å². The molecule has 0 aromatic heterocycles. The van der Waals surface area contributed by atoms with E-state index in [0.29, 0.717) is 0 Å². The first-order valence-electron chi connectivity index (χ1n) is 7.89. The van der Waals surface area contributed by atoms with Crippen molar-refractivity contribution in [1.82, 2.24) is 0 Å². The van der Waals surface area contributed by atoms with E-state index in [-0.39, 0.29) is 37.0 Å². The predicted molar refractivity (Wildman–Crippen MR) is 114 cm³/mol. The van der Waals surface area contributed by atoms with Crippen LogP contribution in [0.5, 0.6) is 11.5 Å². The average molecular weight is 494 g/mol. The van der Waals surface area contributed by atoms with Gasteiger partial charge in [-0.25, -0.2) is 0 Å². The summed E-state index contributed by atoms with van der Waals surface area (Å²) in [5.41, 5.74) is -0.668. The maximum absolute atomic E-state index is 13.0. The second kappa shape index (κ2) is 7.87. The predicted octanol–water partition coefficient (Wildman–Crippen LogP) is 5.89. The molecule has 0 heterocycles. The van der Waals surface area contributed by atoms with Crippen LogP contribution in [0.4, 0.5) is 0 Å². The van der Waals surface area contributed by atoms with Gasteiger partial charge in [0.1, 0.15) is 11.5 Å². The molecular weight excluding hydrogens is 482 g/mol. The van der Waals surface area contributed by atoms with Gasteiger partial charge in [-0.05, 0) is 41.5 Å². The van der Waals surface area contributed by atoms with E-state index in [9.17, 15) is 23.2 Å². The van der Waals surface area contributed by atoms with Gasteiger partial charge in [0, 0.05) is 10.6 Å². The standard InChI is InChI=1S/C19H12Cl4O5S/c20-12-5-1-3-10(7-12)19(29(26,27)28,11-4-2-6-13(24)8-11)16-17(23)14(21)9-15(22)18(16)25/h1-9,24-25H,(H,26,27,28). The van der Waals surface area contributed by atoms with Crippen LogP contribution < -0.4 is 0 Å². The summed E-state index contributed by atoms with van der Waals surface area (Å²) in [6, 6.07) is 11.9. The molecule has 5 nitrogen and oxygen atoms in total. The number of phenols is 2. The lowest BCUT2D eigenvalue weighted by Gasteiger charge is -2.34. The van der Waals surface area contributed by atoms with Crippen LogP contribution in [0.1, 0.15) is 16.7 Å². The first kappa shape index (κ1) is 22.0. The summed E-state index contributed by atoms with van der Waals surface area (Å²) in [5, 5.41) is 20.1. The molecule has 0 aliphatic heterocycles. The van der Waals surface area contributed by atoms with Crippen molar-refractivity contribution in [2.75, 3.05) is 0 Å². The summed E-state index contributed by atoms with van der Waals surface area (Å²) < 4.78 is 33.9. The Morgan fingerprint density at radius 3 is 1.93 bits per heavy atom. The number of hydrogen-bond donors (Lipinski definition) is 3. The molecule has 0 bridgehead atoms. The van der Waals surface area contributed by atoms with Gasteiger partial charge in [-0.3, -0.25) is 4.55 Å². The van der Waals surface area contributed by atoms with E-state index in [0.717, 1.165) is 12.1 Å². The Labute approximate surface area is 186 Å². The van der Waals surface area contributed by atoms with Crippen LogP contribution in [-0.4, -0.2) is 23.2 Å². The Balaban J connectivity index is 2.66. The van der Waals surface area contributed by atoms with Crippen molar-refractivity contribution >= 4 is 56.5 Å². The molecule has 3 N–H and O–H groups in total. The van der Waals surface area contributed by atoms with Crippen molar-refractivity contribution in [3.8, 4) is 11.5 Å². The quantitative estimate of drug-likeness (QED) is 0.239. The lowest BCUT2D eigenvalue weighted by Crippen LogP contribution is -2.38. The van der Waals surface area contributed by atoms with Crippen molar-refractivity contribution in [2.45, 2.75) is 4.75 Å². The highest BCUT2D eigenvalue weighted by Gasteiger charge is 2.52. The summed E-state index contributed by atoms with van der Waals surface area (Å²) in [5.74, 6) is -0.997. The molecular formula is C19H12Cl4O5S. The summed E-state index contributed by atoms with van der Waals surface area (Å²) >= 11 is 24.5. The van der Waals surface area contributed by atoms with Crippen LogP contribution in [-0.2, 0) is 14.9 Å². The van der Waals surface area contributed by atoms with E-state index in [1.807, 2.05) is 0 Å². The van der Waals surface area contributed by atoms with Crippen LogP contribution in [0.3, 0.4) is 0 Å². The van der Waals surface area contributed by atoms with Gasteiger partial charge in [0.15, 0.2) is 4.75 Å². The van der Waals surface area contributed by atoms with Crippen LogP contribution in [0.25, 0.3) is 0 Å². The Bertz CT molecular complexity index is 1140. The zero-order valence-corrected chi connectivity index (χ0v) is 18.1. The van der Waals surface area contributed by atoms with Gasteiger partial charge in [0.25, 0.3) is 10.1 Å². The molecule has 152 valence electrons. The average Bonchev–Trinajstić information content (AvgIpc) is 2.62. The second-order valence-electron chi connectivity index (χ2n) is 6.09. The van der Waals surface area contributed by atoms with E-state index in [4.69, 9.17) is 46.4 Å². The SMILES string of the molecule is O=S(=O)(O)C(c1cccc(O)c1)(c1cccc(Cl)c1)c1c(O)c(Cl)cc(Cl)c1Cl. The minimum absolute atomic E-state index is 0.0615. The number of halogens is 4. The Hall–Kier alpha value is -1.67. The molecule has 1 unspecified atom stereocenters. The second-order valence-corrected chi connectivity index (χ2v) is 9.29. The van der Waals surface area contributed by atoms with E-state index in [1.54, 1.807) is 0 Å². The van der Waals surface area contributed by atoms with E-state index in [1.165, 1.54) is 42.5 Å². The van der Waals surface area contributed by atoms with E-state index >= 15 is 0 Å². The third kappa shape index (κ3) is 3.65. The van der Waals surface area contributed by atoms with Gasteiger partial charge in [-0.15, -0.1) is 0 Å². The van der Waals surface area contributed by atoms with Crippen LogP contribution in [0.2, 0.25) is 20.1 Å². The van der Waals surface area contributed by atoms with Gasteiger partial charge in [-0.2, -0.15) is 8.42 Å². The lowest BCUT2D eigenvalue weighted by atomic mass is 9.83. The molecule has 29 heavy (non-hydrogen) atoms. The number of phenolic OH excluding ortho intramolecular Hbond substituents is 2. The van der Waals surface area contributed by atoms with Crippen molar-refractivity contribution in [3.05, 3.63) is 91.4 Å². The van der Waals surface area contributed by atoms with Gasteiger partial charge in [-0.1, -0.05) is 70.7 Å². The maximum atomic E-state index is 13.0. The molecule has 10 heteroatoms. The first-order valence-corrected chi connectivity index (χ1v) is 10.8. The Morgan fingerprint density at radius 1 is 0.793 bits per heavy atom. The molecule has 0 amide bonds. The molecule has 0 saturated heterocycles. The zero-order valence-electron chi connectivity index (χ0n) is 14.3. The fourth-order valence-electron chi connectivity index (χ4n) is 3.22. The van der Waals surface area contributed by atoms with Crippen molar-refractivity contribution in [1.29, 1.82) is 0 Å². The minimum Gasteiger partial charge on any atom is -0.508 e. The third-order valence-electron chi connectivity index (χ3n) is 4.37. The van der Waals surface area contributed by atoms with Gasteiger partial charge in [0.05, 0.1) is 15.1 Å². The van der Waals surface area contributed by atoms with Gasteiger partial charge in [0.2, 0.25) is 0 Å². The molecule has 0 spiro atoms. The normalized spacial score (nSPS) is 13.8. The minimum atomic E-state index is -5.13. The summed E-state index contributed by atoms with van der Waals surface area (Å²) in [6.45, 7) is 0. The van der Waals surface area contributed by atoms with E-state index < -0.39 is 26.2 Å². The van der Waals surface area contributed by atoms with Gasteiger partial charge >= 0.3 is 0 Å².